The second-order valence-electron chi connectivity index (χ2n) is 11.0. The molecule has 4 aromatic rings. The number of hydrogen-bond acceptors (Lipinski definition) is 8. The number of methoxy groups -OCH3 is 1. The van der Waals surface area contributed by atoms with Crippen molar-refractivity contribution in [1.29, 1.82) is 0 Å². The number of hydrogen-bond donors (Lipinski definition) is 3. The Bertz CT molecular complexity index is 1470. The van der Waals surface area contributed by atoms with E-state index in [0.29, 0.717) is 29.6 Å². The summed E-state index contributed by atoms with van der Waals surface area (Å²) in [6.07, 6.45) is 4.64. The molecule has 218 valence electrons. The summed E-state index contributed by atoms with van der Waals surface area (Å²) in [4.78, 5) is 20.8. The molecule has 41 heavy (non-hydrogen) atoms. The van der Waals surface area contributed by atoms with Crippen molar-refractivity contribution >= 4 is 28.0 Å². The Hall–Kier alpha value is -3.73. The van der Waals surface area contributed by atoms with Gasteiger partial charge in [-0.3, -0.25) is 0 Å². The molecule has 2 saturated heterocycles. The normalized spacial score (nSPS) is 17.7. The number of amides is 1. The third kappa shape index (κ3) is 6.45. The predicted octanol–water partition coefficient (Wildman–Crippen LogP) is 4.51. The van der Waals surface area contributed by atoms with Crippen LogP contribution in [0.2, 0.25) is 0 Å². The molecule has 2 fully saturated rings. The summed E-state index contributed by atoms with van der Waals surface area (Å²) in [6.45, 7) is 6.23. The molecule has 0 bridgehead atoms. The third-order valence-corrected chi connectivity index (χ3v) is 8.25. The number of piperidine rings is 2. The van der Waals surface area contributed by atoms with Gasteiger partial charge in [0.05, 0.1) is 25.0 Å². The maximum absolute atomic E-state index is 12.7. The number of aliphatic hydroxyl groups is 1. The lowest BCUT2D eigenvalue weighted by Gasteiger charge is -2.35. The highest BCUT2D eigenvalue weighted by molar-refractivity contribution is 5.89. The molecule has 2 aromatic carbocycles. The van der Waals surface area contributed by atoms with Gasteiger partial charge in [0.15, 0.2) is 11.3 Å². The summed E-state index contributed by atoms with van der Waals surface area (Å²) in [5, 5.41) is 14.5. The SMILES string of the molecule is COc1cccc2c(COc3cccc4[nH]c(OC(=O)NC5CCN(CCN6CCC(O)CC6)CC5)cc34)coc12. The lowest BCUT2D eigenvalue weighted by molar-refractivity contribution is 0.0739. The second kappa shape index (κ2) is 12.4. The van der Waals surface area contributed by atoms with Crippen LogP contribution in [-0.2, 0) is 6.61 Å². The van der Waals surface area contributed by atoms with Crippen molar-refractivity contribution in [3.63, 3.8) is 0 Å². The number of ether oxygens (including phenoxy) is 3. The smallest absolute Gasteiger partial charge is 0.414 e. The van der Waals surface area contributed by atoms with Crippen LogP contribution in [0.25, 0.3) is 21.9 Å². The van der Waals surface area contributed by atoms with Gasteiger partial charge in [-0.25, -0.2) is 4.79 Å². The topological polar surface area (TPSA) is 112 Å². The lowest BCUT2D eigenvalue weighted by atomic mass is 10.1. The first kappa shape index (κ1) is 27.4. The Balaban J connectivity index is 0.995. The summed E-state index contributed by atoms with van der Waals surface area (Å²) in [5.74, 6) is 1.73. The molecule has 6 rings (SSSR count). The molecule has 0 aliphatic carbocycles. The number of aromatic nitrogens is 1. The largest absolute Gasteiger partial charge is 0.493 e. The van der Waals surface area contributed by atoms with Crippen LogP contribution < -0.4 is 19.5 Å². The zero-order valence-electron chi connectivity index (χ0n) is 23.4. The van der Waals surface area contributed by atoms with Crippen LogP contribution in [0.4, 0.5) is 4.79 Å². The van der Waals surface area contributed by atoms with Crippen LogP contribution in [0.3, 0.4) is 0 Å². The Morgan fingerprint density at radius 3 is 2.46 bits per heavy atom. The van der Waals surface area contributed by atoms with Crippen LogP contribution in [0.15, 0.2) is 53.1 Å². The van der Waals surface area contributed by atoms with Gasteiger partial charge in [-0.1, -0.05) is 18.2 Å². The van der Waals surface area contributed by atoms with E-state index in [0.717, 1.165) is 86.8 Å². The molecule has 0 atom stereocenters. The zero-order chi connectivity index (χ0) is 28.2. The molecule has 1 amide bonds. The number of fused-ring (bicyclic) bond motifs is 2. The van der Waals surface area contributed by atoms with Crippen LogP contribution in [0.5, 0.6) is 17.4 Å². The van der Waals surface area contributed by atoms with Crippen molar-refractivity contribution in [3.05, 3.63) is 54.3 Å². The Kier molecular flexibility index (Phi) is 8.31. The minimum Gasteiger partial charge on any atom is -0.493 e. The number of benzene rings is 2. The third-order valence-electron chi connectivity index (χ3n) is 8.25. The quantitative estimate of drug-likeness (QED) is 0.273. The predicted molar refractivity (Wildman–Crippen MR) is 156 cm³/mol. The number of aliphatic hydroxyl groups excluding tert-OH is 1. The number of carbonyl (C=O) groups excluding carboxylic acids is 1. The second-order valence-corrected chi connectivity index (χ2v) is 11.0. The number of rotatable bonds is 9. The van der Waals surface area contributed by atoms with Gasteiger partial charge >= 0.3 is 6.09 Å². The van der Waals surface area contributed by atoms with Crippen molar-refractivity contribution in [2.24, 2.45) is 0 Å². The summed E-state index contributed by atoms with van der Waals surface area (Å²) < 4.78 is 22.9. The van der Waals surface area contributed by atoms with E-state index in [1.807, 2.05) is 36.4 Å². The van der Waals surface area contributed by atoms with E-state index < -0.39 is 6.09 Å². The first-order valence-corrected chi connectivity index (χ1v) is 14.4. The average Bonchev–Trinajstić information content (AvgIpc) is 3.60. The monoisotopic (exact) mass is 562 g/mol. The highest BCUT2D eigenvalue weighted by Crippen LogP contribution is 2.33. The van der Waals surface area contributed by atoms with Crippen LogP contribution in [0.1, 0.15) is 31.2 Å². The van der Waals surface area contributed by atoms with E-state index in [2.05, 4.69) is 20.1 Å². The van der Waals surface area contributed by atoms with Crippen LogP contribution in [-0.4, -0.2) is 84.5 Å². The van der Waals surface area contributed by atoms with Gasteiger partial charge < -0.3 is 43.8 Å². The first-order chi connectivity index (χ1) is 20.1. The molecule has 2 aliphatic heterocycles. The Morgan fingerprint density at radius 1 is 1.00 bits per heavy atom. The number of nitrogens with zero attached hydrogens (tertiary/aromatic N) is 2. The summed E-state index contributed by atoms with van der Waals surface area (Å²) in [6, 6.07) is 13.4. The molecule has 10 nitrogen and oxygen atoms in total. The van der Waals surface area contributed by atoms with E-state index >= 15 is 0 Å². The van der Waals surface area contributed by atoms with Gasteiger partial charge in [-0.15, -0.1) is 0 Å². The number of para-hydroxylation sites is 1. The maximum Gasteiger partial charge on any atom is 0.414 e. The van der Waals surface area contributed by atoms with Gasteiger partial charge in [-0.05, 0) is 43.9 Å². The molecule has 2 aromatic heterocycles. The van der Waals surface area contributed by atoms with Gasteiger partial charge in [0.2, 0.25) is 5.88 Å². The number of aromatic amines is 1. The number of likely N-dealkylation sites (tertiary alicyclic amines) is 2. The lowest BCUT2D eigenvalue weighted by Crippen LogP contribution is -2.47. The van der Waals surface area contributed by atoms with Gasteiger partial charge in [0, 0.05) is 67.7 Å². The Morgan fingerprint density at radius 2 is 1.71 bits per heavy atom. The fraction of sp³-hybridized carbons (Fsp3) is 0.452. The van der Waals surface area contributed by atoms with Gasteiger partial charge in [0.1, 0.15) is 12.4 Å². The van der Waals surface area contributed by atoms with Crippen molar-refractivity contribution < 1.29 is 28.5 Å². The maximum atomic E-state index is 12.7. The highest BCUT2D eigenvalue weighted by Gasteiger charge is 2.23. The van der Waals surface area contributed by atoms with Crippen LogP contribution in [0, 0.1) is 0 Å². The Labute approximate surface area is 239 Å². The van der Waals surface area contributed by atoms with Crippen molar-refractivity contribution in [1.82, 2.24) is 20.1 Å². The first-order valence-electron chi connectivity index (χ1n) is 14.4. The number of H-pyrrole nitrogens is 1. The number of carbonyl (C=O) groups is 1. The van der Waals surface area contributed by atoms with E-state index in [4.69, 9.17) is 18.6 Å². The van der Waals surface area contributed by atoms with E-state index in [9.17, 15) is 9.90 Å². The number of nitrogens with one attached hydrogen (secondary N) is 2. The highest BCUT2D eigenvalue weighted by atomic mass is 16.6. The summed E-state index contributed by atoms with van der Waals surface area (Å²) in [5.41, 5.74) is 2.43. The molecule has 3 N–H and O–H groups in total. The van der Waals surface area contributed by atoms with E-state index in [-0.39, 0.29) is 12.1 Å². The summed E-state index contributed by atoms with van der Waals surface area (Å²) in [7, 11) is 1.62. The zero-order valence-corrected chi connectivity index (χ0v) is 23.4. The number of furan rings is 1. The standard InChI is InChI=1S/C31H38N4O6/c1-38-28-7-2-4-24-21(20-40-30(24)28)19-39-27-6-3-5-26-25(27)18-29(33-26)41-31(37)32-22-8-12-34(13-9-22)16-17-35-14-10-23(36)11-15-35/h2-7,18,20,22-23,33,36H,8-17,19H2,1H3,(H,32,37). The van der Waals surface area contributed by atoms with E-state index in [1.54, 1.807) is 19.4 Å². The molecule has 4 heterocycles. The molecule has 0 saturated carbocycles. The molecule has 0 unspecified atom stereocenters. The molecular weight excluding hydrogens is 524 g/mol. The van der Waals surface area contributed by atoms with Crippen LogP contribution >= 0.6 is 0 Å². The van der Waals surface area contributed by atoms with Gasteiger partial charge in [0.25, 0.3) is 0 Å². The van der Waals surface area contributed by atoms with Crippen molar-refractivity contribution in [2.75, 3.05) is 46.4 Å². The van der Waals surface area contributed by atoms with Crippen molar-refractivity contribution in [3.8, 4) is 17.4 Å². The summed E-state index contributed by atoms with van der Waals surface area (Å²) >= 11 is 0. The fourth-order valence-corrected chi connectivity index (χ4v) is 5.82. The molecular formula is C31H38N4O6. The molecule has 2 aliphatic rings. The molecule has 0 spiro atoms. The molecule has 0 radical (unpaired) electrons. The van der Waals surface area contributed by atoms with Crippen molar-refractivity contribution in [2.45, 2.75) is 44.4 Å². The average molecular weight is 563 g/mol. The minimum absolute atomic E-state index is 0.0931. The van der Waals surface area contributed by atoms with Gasteiger partial charge in [-0.2, -0.15) is 0 Å². The molecule has 10 heteroatoms. The minimum atomic E-state index is -0.455. The fourth-order valence-electron chi connectivity index (χ4n) is 5.82. The van der Waals surface area contributed by atoms with E-state index in [1.165, 1.54) is 0 Å².